The SMILES string of the molecule is COC(=O)c1cc(F)c(-c2ccccc2)nc1Cl. The maximum absolute atomic E-state index is 13.9. The molecule has 0 fully saturated rings. The van der Waals surface area contributed by atoms with Gasteiger partial charge in [-0.2, -0.15) is 0 Å². The van der Waals surface area contributed by atoms with Gasteiger partial charge in [0, 0.05) is 5.56 Å². The molecule has 0 amide bonds. The Kier molecular flexibility index (Phi) is 3.58. The lowest BCUT2D eigenvalue weighted by atomic mass is 10.1. The van der Waals surface area contributed by atoms with Crippen molar-refractivity contribution >= 4 is 17.6 Å². The van der Waals surface area contributed by atoms with E-state index in [9.17, 15) is 9.18 Å². The number of pyridine rings is 1. The molecule has 0 aliphatic heterocycles. The quantitative estimate of drug-likeness (QED) is 0.618. The van der Waals surface area contributed by atoms with Crippen molar-refractivity contribution in [3.63, 3.8) is 0 Å². The van der Waals surface area contributed by atoms with Crippen LogP contribution in [-0.2, 0) is 4.74 Å². The largest absolute Gasteiger partial charge is 0.465 e. The maximum atomic E-state index is 13.9. The molecule has 0 unspecified atom stereocenters. The third kappa shape index (κ3) is 2.33. The van der Waals surface area contributed by atoms with Crippen LogP contribution in [0.15, 0.2) is 36.4 Å². The first-order valence-corrected chi connectivity index (χ1v) is 5.51. The second-order valence-corrected chi connectivity index (χ2v) is 3.87. The van der Waals surface area contributed by atoms with E-state index in [1.165, 1.54) is 7.11 Å². The summed E-state index contributed by atoms with van der Waals surface area (Å²) in [5.41, 5.74) is 0.609. The summed E-state index contributed by atoms with van der Waals surface area (Å²) in [5.74, 6) is -1.34. The zero-order valence-corrected chi connectivity index (χ0v) is 10.2. The molecule has 2 rings (SSSR count). The highest BCUT2D eigenvalue weighted by atomic mass is 35.5. The number of carbonyl (C=O) groups is 1. The van der Waals surface area contributed by atoms with Gasteiger partial charge in [-0.3, -0.25) is 0 Å². The third-order valence-electron chi connectivity index (χ3n) is 2.38. The third-order valence-corrected chi connectivity index (χ3v) is 2.67. The minimum atomic E-state index is -0.717. The first kappa shape index (κ1) is 12.5. The average Bonchev–Trinajstić information content (AvgIpc) is 2.41. The van der Waals surface area contributed by atoms with E-state index in [-0.39, 0.29) is 16.4 Å². The zero-order chi connectivity index (χ0) is 13.1. The minimum absolute atomic E-state index is 0.0814. The summed E-state index contributed by atoms with van der Waals surface area (Å²) in [4.78, 5) is 15.2. The minimum Gasteiger partial charge on any atom is -0.465 e. The molecule has 1 aromatic heterocycles. The smallest absolute Gasteiger partial charge is 0.341 e. The second-order valence-electron chi connectivity index (χ2n) is 3.51. The Morgan fingerprint density at radius 2 is 2.00 bits per heavy atom. The molecule has 0 N–H and O–H groups in total. The van der Waals surface area contributed by atoms with Crippen molar-refractivity contribution in [1.29, 1.82) is 0 Å². The normalized spacial score (nSPS) is 10.2. The van der Waals surface area contributed by atoms with E-state index in [2.05, 4.69) is 9.72 Å². The topological polar surface area (TPSA) is 39.2 Å². The van der Waals surface area contributed by atoms with Crippen LogP contribution in [0, 0.1) is 5.82 Å². The van der Waals surface area contributed by atoms with Crippen molar-refractivity contribution in [2.24, 2.45) is 0 Å². The summed E-state index contributed by atoms with van der Waals surface area (Å²) in [6.45, 7) is 0. The lowest BCUT2D eigenvalue weighted by molar-refractivity contribution is 0.0600. The molecule has 0 radical (unpaired) electrons. The van der Waals surface area contributed by atoms with Crippen LogP contribution in [0.5, 0.6) is 0 Å². The Bertz CT molecular complexity index is 587. The van der Waals surface area contributed by atoms with Gasteiger partial charge < -0.3 is 4.74 Å². The van der Waals surface area contributed by atoms with E-state index in [1.54, 1.807) is 24.3 Å². The fourth-order valence-corrected chi connectivity index (χ4v) is 1.73. The molecule has 0 aliphatic rings. The lowest BCUT2D eigenvalue weighted by Gasteiger charge is -2.06. The van der Waals surface area contributed by atoms with Crippen LogP contribution in [0.4, 0.5) is 4.39 Å². The van der Waals surface area contributed by atoms with Gasteiger partial charge in [0.15, 0.2) is 0 Å². The van der Waals surface area contributed by atoms with Crippen molar-refractivity contribution in [2.45, 2.75) is 0 Å². The number of halogens is 2. The van der Waals surface area contributed by atoms with Crippen molar-refractivity contribution < 1.29 is 13.9 Å². The molecule has 18 heavy (non-hydrogen) atoms. The highest BCUT2D eigenvalue weighted by Crippen LogP contribution is 2.25. The van der Waals surface area contributed by atoms with E-state index >= 15 is 0 Å². The molecule has 1 heterocycles. The Balaban J connectivity index is 2.53. The maximum Gasteiger partial charge on any atom is 0.341 e. The summed E-state index contributed by atoms with van der Waals surface area (Å²) >= 11 is 5.85. The lowest BCUT2D eigenvalue weighted by Crippen LogP contribution is -2.05. The van der Waals surface area contributed by atoms with Gasteiger partial charge in [-0.1, -0.05) is 41.9 Å². The Labute approximate surface area is 108 Å². The van der Waals surface area contributed by atoms with E-state index in [0.717, 1.165) is 6.07 Å². The van der Waals surface area contributed by atoms with Crippen molar-refractivity contribution in [2.75, 3.05) is 7.11 Å². The van der Waals surface area contributed by atoms with Gasteiger partial charge >= 0.3 is 5.97 Å². The average molecular weight is 266 g/mol. The van der Waals surface area contributed by atoms with E-state index < -0.39 is 11.8 Å². The summed E-state index contributed by atoms with van der Waals surface area (Å²) in [6, 6.07) is 9.78. The van der Waals surface area contributed by atoms with Crippen LogP contribution in [0.1, 0.15) is 10.4 Å². The highest BCUT2D eigenvalue weighted by Gasteiger charge is 2.17. The van der Waals surface area contributed by atoms with Crippen molar-refractivity contribution in [1.82, 2.24) is 4.98 Å². The number of esters is 1. The molecule has 0 atom stereocenters. The molecule has 0 saturated heterocycles. The number of methoxy groups -OCH3 is 1. The van der Waals surface area contributed by atoms with Gasteiger partial charge in [0.1, 0.15) is 16.7 Å². The van der Waals surface area contributed by atoms with Gasteiger partial charge in [0.25, 0.3) is 0 Å². The zero-order valence-electron chi connectivity index (χ0n) is 9.48. The predicted octanol–water partition coefficient (Wildman–Crippen LogP) is 3.33. The highest BCUT2D eigenvalue weighted by molar-refractivity contribution is 6.32. The molecule has 0 aliphatic carbocycles. The number of hydrogen-bond donors (Lipinski definition) is 0. The molecule has 92 valence electrons. The number of hydrogen-bond acceptors (Lipinski definition) is 3. The monoisotopic (exact) mass is 265 g/mol. The molecule has 5 heteroatoms. The van der Waals surface area contributed by atoms with Crippen LogP contribution in [0.2, 0.25) is 5.15 Å². The molecular formula is C13H9ClFNO2. The number of nitrogens with zero attached hydrogens (tertiary/aromatic N) is 1. The number of rotatable bonds is 2. The van der Waals surface area contributed by atoms with Crippen molar-refractivity contribution in [3.05, 3.63) is 52.9 Å². The van der Waals surface area contributed by atoms with Crippen LogP contribution >= 0.6 is 11.6 Å². The second kappa shape index (κ2) is 5.14. The Morgan fingerprint density at radius 1 is 1.33 bits per heavy atom. The van der Waals surface area contributed by atoms with E-state index in [4.69, 9.17) is 11.6 Å². The molecular weight excluding hydrogens is 257 g/mol. The van der Waals surface area contributed by atoms with Gasteiger partial charge in [0.05, 0.1) is 12.7 Å². The van der Waals surface area contributed by atoms with Crippen LogP contribution in [0.3, 0.4) is 0 Å². The number of carbonyl (C=O) groups excluding carboxylic acids is 1. The predicted molar refractivity (Wildman–Crippen MR) is 66.0 cm³/mol. The molecule has 1 aromatic carbocycles. The first-order valence-electron chi connectivity index (χ1n) is 5.13. The summed E-state index contributed by atoms with van der Waals surface area (Å²) in [5, 5.41) is -0.0814. The summed E-state index contributed by atoms with van der Waals surface area (Å²) in [6.07, 6.45) is 0. The van der Waals surface area contributed by atoms with Crippen LogP contribution < -0.4 is 0 Å². The summed E-state index contributed by atoms with van der Waals surface area (Å²) in [7, 11) is 1.20. The number of ether oxygens (including phenoxy) is 1. The molecule has 0 bridgehead atoms. The van der Waals surface area contributed by atoms with Gasteiger partial charge in [0.2, 0.25) is 0 Å². The standard InChI is InChI=1S/C13H9ClFNO2/c1-18-13(17)9-7-10(15)11(16-12(9)14)8-5-3-2-4-6-8/h2-7H,1H3. The van der Waals surface area contributed by atoms with Crippen LogP contribution in [-0.4, -0.2) is 18.1 Å². The van der Waals surface area contributed by atoms with Gasteiger partial charge in [-0.15, -0.1) is 0 Å². The Morgan fingerprint density at radius 3 is 2.61 bits per heavy atom. The van der Waals surface area contributed by atoms with Crippen molar-refractivity contribution in [3.8, 4) is 11.3 Å². The number of benzene rings is 1. The van der Waals surface area contributed by atoms with E-state index in [0.29, 0.717) is 5.56 Å². The molecule has 2 aromatic rings. The first-order chi connectivity index (χ1) is 8.63. The molecule has 3 nitrogen and oxygen atoms in total. The fourth-order valence-electron chi connectivity index (χ4n) is 1.52. The molecule has 0 spiro atoms. The van der Waals surface area contributed by atoms with E-state index in [1.807, 2.05) is 6.07 Å². The van der Waals surface area contributed by atoms with Gasteiger partial charge in [-0.25, -0.2) is 14.2 Å². The fraction of sp³-hybridized carbons (Fsp3) is 0.0769. The summed E-state index contributed by atoms with van der Waals surface area (Å²) < 4.78 is 18.4. The number of aromatic nitrogens is 1. The molecule has 0 saturated carbocycles. The van der Waals surface area contributed by atoms with Crippen LogP contribution in [0.25, 0.3) is 11.3 Å². The Hall–Kier alpha value is -1.94. The van der Waals surface area contributed by atoms with Gasteiger partial charge in [-0.05, 0) is 6.07 Å².